The van der Waals surface area contributed by atoms with Crippen LogP contribution >= 0.6 is 12.2 Å². The van der Waals surface area contributed by atoms with E-state index in [1.54, 1.807) is 12.1 Å². The lowest BCUT2D eigenvalue weighted by Gasteiger charge is -2.03. The van der Waals surface area contributed by atoms with Crippen molar-refractivity contribution in [1.29, 1.82) is 0 Å². The van der Waals surface area contributed by atoms with Crippen LogP contribution in [0.4, 0.5) is 5.69 Å². The summed E-state index contributed by atoms with van der Waals surface area (Å²) in [6, 6.07) is 17.6. The van der Waals surface area contributed by atoms with Gasteiger partial charge < -0.3 is 9.40 Å². The third-order valence-electron chi connectivity index (χ3n) is 3.81. The maximum Gasteiger partial charge on any atom is 0.269 e. The van der Waals surface area contributed by atoms with E-state index < -0.39 is 4.92 Å². The number of aromatic amines is 1. The van der Waals surface area contributed by atoms with E-state index >= 15 is 0 Å². The fourth-order valence-electron chi connectivity index (χ4n) is 2.61. The zero-order valence-electron chi connectivity index (χ0n) is 12.8. The molecule has 1 N–H and O–H groups in total. The van der Waals surface area contributed by atoms with Crippen LogP contribution in [0.3, 0.4) is 0 Å². The number of fused-ring (bicyclic) bond motifs is 1. The first-order chi connectivity index (χ1) is 12.1. The topological polar surface area (TPSA) is 85.0 Å². The molecule has 0 amide bonds. The number of nitro benzene ring substituents is 1. The smallest absolute Gasteiger partial charge is 0.269 e. The van der Waals surface area contributed by atoms with E-state index in [-0.39, 0.29) is 5.69 Å². The van der Waals surface area contributed by atoms with Crippen molar-refractivity contribution >= 4 is 28.9 Å². The van der Waals surface area contributed by atoms with E-state index in [9.17, 15) is 10.1 Å². The summed E-state index contributed by atoms with van der Waals surface area (Å²) >= 11 is 5.22. The largest absolute Gasteiger partial charge is 0.455 e. The highest BCUT2D eigenvalue weighted by Crippen LogP contribution is 2.29. The number of nitrogens with one attached hydrogen (secondary N) is 1. The van der Waals surface area contributed by atoms with Gasteiger partial charge in [0.05, 0.1) is 16.3 Å². The summed E-state index contributed by atoms with van der Waals surface area (Å²) in [5, 5.41) is 11.8. The Labute approximate surface area is 146 Å². The van der Waals surface area contributed by atoms with Crippen LogP contribution in [0.25, 0.3) is 33.7 Å². The highest BCUT2D eigenvalue weighted by molar-refractivity contribution is 7.71. The minimum atomic E-state index is -0.436. The maximum atomic E-state index is 10.8. The second-order valence-electron chi connectivity index (χ2n) is 5.44. The van der Waals surface area contributed by atoms with Crippen LogP contribution in [0.15, 0.2) is 65.1 Å². The SMILES string of the molecule is O=[N+]([O-])c1ccc(-c2cc(-c3cc4ccccc4o3)[nH]c(=S)n2)cc1. The third kappa shape index (κ3) is 2.92. The Morgan fingerprint density at radius 3 is 2.56 bits per heavy atom. The Balaban J connectivity index is 1.80. The summed E-state index contributed by atoms with van der Waals surface area (Å²) in [7, 11) is 0. The number of H-pyrrole nitrogens is 1. The van der Waals surface area contributed by atoms with Gasteiger partial charge in [-0.3, -0.25) is 10.1 Å². The lowest BCUT2D eigenvalue weighted by atomic mass is 10.1. The summed E-state index contributed by atoms with van der Waals surface area (Å²) in [6.45, 7) is 0. The quantitative estimate of drug-likeness (QED) is 0.315. The van der Waals surface area contributed by atoms with Gasteiger partial charge in [-0.25, -0.2) is 4.98 Å². The second kappa shape index (κ2) is 5.95. The number of nitrogens with zero attached hydrogens (tertiary/aromatic N) is 2. The molecule has 0 unspecified atom stereocenters. The Kier molecular flexibility index (Phi) is 3.62. The summed E-state index contributed by atoms with van der Waals surface area (Å²) in [6.07, 6.45) is 0. The lowest BCUT2D eigenvalue weighted by Crippen LogP contribution is -1.92. The highest BCUT2D eigenvalue weighted by Gasteiger charge is 2.11. The molecular weight excluding hydrogens is 338 g/mol. The minimum absolute atomic E-state index is 0.0300. The summed E-state index contributed by atoms with van der Waals surface area (Å²) in [5.41, 5.74) is 2.87. The minimum Gasteiger partial charge on any atom is -0.455 e. The number of rotatable bonds is 3. The predicted octanol–water partition coefficient (Wildman–Crippen LogP) is 5.13. The van der Waals surface area contributed by atoms with Crippen LogP contribution in [0.5, 0.6) is 0 Å². The average molecular weight is 349 g/mol. The maximum absolute atomic E-state index is 10.8. The van der Waals surface area contributed by atoms with E-state index in [0.29, 0.717) is 21.9 Å². The van der Waals surface area contributed by atoms with Crippen LogP contribution in [-0.4, -0.2) is 14.9 Å². The molecule has 6 nitrogen and oxygen atoms in total. The molecule has 0 atom stereocenters. The molecule has 0 saturated heterocycles. The molecule has 122 valence electrons. The van der Waals surface area contributed by atoms with Crippen LogP contribution in [0, 0.1) is 14.9 Å². The number of hydrogen-bond donors (Lipinski definition) is 1. The lowest BCUT2D eigenvalue weighted by molar-refractivity contribution is -0.384. The number of benzene rings is 2. The monoisotopic (exact) mass is 349 g/mol. The van der Waals surface area contributed by atoms with Crippen molar-refractivity contribution in [2.24, 2.45) is 0 Å². The first-order valence-corrected chi connectivity index (χ1v) is 7.86. The molecule has 2 aromatic heterocycles. The Bertz CT molecular complexity index is 1110. The molecule has 0 aliphatic rings. The van der Waals surface area contributed by atoms with Crippen LogP contribution in [0.2, 0.25) is 0 Å². The first-order valence-electron chi connectivity index (χ1n) is 7.45. The molecule has 0 saturated carbocycles. The summed E-state index contributed by atoms with van der Waals surface area (Å²) < 4.78 is 6.17. The van der Waals surface area contributed by atoms with E-state index in [2.05, 4.69) is 9.97 Å². The fraction of sp³-hybridized carbons (Fsp3) is 0. The number of aromatic nitrogens is 2. The van der Waals surface area contributed by atoms with Gasteiger partial charge in [-0.15, -0.1) is 0 Å². The van der Waals surface area contributed by atoms with Gasteiger partial charge in [-0.05, 0) is 42.5 Å². The van der Waals surface area contributed by atoms with Gasteiger partial charge in [0.2, 0.25) is 0 Å². The second-order valence-corrected chi connectivity index (χ2v) is 5.82. The summed E-state index contributed by atoms with van der Waals surface area (Å²) in [4.78, 5) is 17.7. The normalized spacial score (nSPS) is 10.9. The molecule has 7 heteroatoms. The van der Waals surface area contributed by atoms with E-state index in [1.165, 1.54) is 12.1 Å². The molecule has 0 radical (unpaired) electrons. The van der Waals surface area contributed by atoms with Gasteiger partial charge in [-0.2, -0.15) is 0 Å². The molecule has 25 heavy (non-hydrogen) atoms. The third-order valence-corrected chi connectivity index (χ3v) is 4.00. The molecule has 0 aliphatic carbocycles. The first kappa shape index (κ1) is 15.2. The molecule has 2 aromatic carbocycles. The number of furan rings is 1. The van der Waals surface area contributed by atoms with Crippen LogP contribution < -0.4 is 0 Å². The molecule has 0 aliphatic heterocycles. The number of nitro groups is 1. The van der Waals surface area contributed by atoms with Gasteiger partial charge in [0, 0.05) is 23.1 Å². The molecule has 4 rings (SSSR count). The fourth-order valence-corrected chi connectivity index (χ4v) is 2.82. The highest BCUT2D eigenvalue weighted by atomic mass is 32.1. The van der Waals surface area contributed by atoms with Gasteiger partial charge in [0.25, 0.3) is 5.69 Å². The number of non-ortho nitro benzene ring substituents is 1. The van der Waals surface area contributed by atoms with Gasteiger partial charge >= 0.3 is 0 Å². The standard InChI is InChI=1S/C18H11N3O3S/c22-21(23)13-7-5-11(6-8-13)14-10-15(20-18(25)19-14)17-9-12-3-1-2-4-16(12)24-17/h1-10H,(H,19,20,25). The average Bonchev–Trinajstić information content (AvgIpc) is 3.05. The van der Waals surface area contributed by atoms with Crippen LogP contribution in [0.1, 0.15) is 0 Å². The van der Waals surface area contributed by atoms with E-state index in [1.807, 2.05) is 36.4 Å². The van der Waals surface area contributed by atoms with Crippen LogP contribution in [-0.2, 0) is 0 Å². The molecule has 2 heterocycles. The van der Waals surface area contributed by atoms with Crippen molar-refractivity contribution in [3.8, 4) is 22.7 Å². The van der Waals surface area contributed by atoms with Crippen molar-refractivity contribution < 1.29 is 9.34 Å². The van der Waals surface area contributed by atoms with Gasteiger partial charge in [-0.1, -0.05) is 18.2 Å². The van der Waals surface area contributed by atoms with Crippen molar-refractivity contribution in [2.75, 3.05) is 0 Å². The van der Waals surface area contributed by atoms with E-state index in [0.717, 1.165) is 16.5 Å². The molecule has 4 aromatic rings. The summed E-state index contributed by atoms with van der Waals surface area (Å²) in [5.74, 6) is 0.651. The molecule has 0 spiro atoms. The zero-order valence-corrected chi connectivity index (χ0v) is 13.6. The van der Waals surface area contributed by atoms with Gasteiger partial charge in [0.15, 0.2) is 10.5 Å². The van der Waals surface area contributed by atoms with Crippen molar-refractivity contribution in [3.63, 3.8) is 0 Å². The Morgan fingerprint density at radius 2 is 1.84 bits per heavy atom. The molecule has 0 fully saturated rings. The Morgan fingerprint density at radius 1 is 1.08 bits per heavy atom. The Hall–Kier alpha value is -3.32. The van der Waals surface area contributed by atoms with Gasteiger partial charge in [0.1, 0.15) is 5.58 Å². The zero-order chi connectivity index (χ0) is 17.4. The number of hydrogen-bond acceptors (Lipinski definition) is 5. The van der Waals surface area contributed by atoms with Crippen molar-refractivity contribution in [3.05, 3.63) is 75.5 Å². The van der Waals surface area contributed by atoms with E-state index in [4.69, 9.17) is 16.6 Å². The predicted molar refractivity (Wildman–Crippen MR) is 96.7 cm³/mol. The van der Waals surface area contributed by atoms with Crippen molar-refractivity contribution in [2.45, 2.75) is 0 Å². The number of para-hydroxylation sites is 1. The molecule has 0 bridgehead atoms. The molecular formula is C18H11N3O3S. The van der Waals surface area contributed by atoms with Crippen molar-refractivity contribution in [1.82, 2.24) is 9.97 Å².